The van der Waals surface area contributed by atoms with Crippen molar-refractivity contribution in [3.63, 3.8) is 0 Å². The first-order valence-corrected chi connectivity index (χ1v) is 33.3. The quantitative estimate of drug-likeness (QED) is 0.0261. The number of carbonyl (C=O) groups excluding carboxylic acids is 3. The molecule has 6 heteroatoms. The van der Waals surface area contributed by atoms with Gasteiger partial charge in [0.15, 0.2) is 6.10 Å². The summed E-state index contributed by atoms with van der Waals surface area (Å²) >= 11 is 0. The van der Waals surface area contributed by atoms with E-state index in [9.17, 15) is 14.4 Å². The van der Waals surface area contributed by atoms with Crippen LogP contribution in [0.25, 0.3) is 0 Å². The molecule has 0 aliphatic heterocycles. The molecule has 1 unspecified atom stereocenters. The molecule has 0 spiro atoms. The number of carbonyl (C=O) groups is 3. The highest BCUT2D eigenvalue weighted by Gasteiger charge is 2.19. The second-order valence-corrected chi connectivity index (χ2v) is 22.4. The Morgan fingerprint density at radius 2 is 0.474 bits per heavy atom. The summed E-state index contributed by atoms with van der Waals surface area (Å²) < 4.78 is 16.9. The van der Waals surface area contributed by atoms with Crippen LogP contribution in [-0.4, -0.2) is 37.2 Å². The molecule has 0 heterocycles. The molecular formula is C70H126O6. The summed E-state index contributed by atoms with van der Waals surface area (Å²) in [5.41, 5.74) is 0. The van der Waals surface area contributed by atoms with Gasteiger partial charge in [0, 0.05) is 19.3 Å². The first-order valence-electron chi connectivity index (χ1n) is 33.3. The lowest BCUT2D eigenvalue weighted by atomic mass is 10.0. The lowest BCUT2D eigenvalue weighted by molar-refractivity contribution is -0.167. The topological polar surface area (TPSA) is 78.9 Å². The molecule has 0 saturated heterocycles. The molecule has 0 aromatic carbocycles. The highest BCUT2D eigenvalue weighted by Crippen LogP contribution is 2.17. The second kappa shape index (κ2) is 64.6. The molecule has 0 rings (SSSR count). The normalized spacial score (nSPS) is 12.4. The number of esters is 3. The van der Waals surface area contributed by atoms with Crippen LogP contribution in [0.15, 0.2) is 60.8 Å². The first kappa shape index (κ1) is 73.1. The Morgan fingerprint density at radius 1 is 0.263 bits per heavy atom. The van der Waals surface area contributed by atoms with Crippen LogP contribution >= 0.6 is 0 Å². The van der Waals surface area contributed by atoms with Crippen LogP contribution in [0.5, 0.6) is 0 Å². The Morgan fingerprint density at radius 3 is 0.763 bits per heavy atom. The van der Waals surface area contributed by atoms with Gasteiger partial charge in [0.05, 0.1) is 0 Å². The van der Waals surface area contributed by atoms with Gasteiger partial charge < -0.3 is 14.2 Å². The van der Waals surface area contributed by atoms with Gasteiger partial charge in [-0.2, -0.15) is 0 Å². The van der Waals surface area contributed by atoms with Crippen molar-refractivity contribution >= 4 is 17.9 Å². The average molecular weight is 1060 g/mol. The smallest absolute Gasteiger partial charge is 0.306 e. The van der Waals surface area contributed by atoms with Gasteiger partial charge in [-0.3, -0.25) is 14.4 Å². The minimum atomic E-state index is -0.779. The summed E-state index contributed by atoms with van der Waals surface area (Å²) in [6, 6.07) is 0. The summed E-state index contributed by atoms with van der Waals surface area (Å²) in [6.45, 7) is 6.63. The van der Waals surface area contributed by atoms with Crippen molar-refractivity contribution in [1.29, 1.82) is 0 Å². The van der Waals surface area contributed by atoms with Crippen LogP contribution in [0.3, 0.4) is 0 Å². The molecule has 0 aromatic rings. The Kier molecular flexibility index (Phi) is 62.2. The van der Waals surface area contributed by atoms with E-state index in [4.69, 9.17) is 14.2 Å². The van der Waals surface area contributed by atoms with E-state index < -0.39 is 6.10 Å². The number of unbranched alkanes of at least 4 members (excludes halogenated alkanes) is 40. The van der Waals surface area contributed by atoms with Crippen molar-refractivity contribution in [3.8, 4) is 0 Å². The average Bonchev–Trinajstić information content (AvgIpc) is 3.42. The molecule has 0 N–H and O–H groups in total. The third-order valence-corrected chi connectivity index (χ3v) is 14.7. The molecule has 442 valence electrons. The number of rotatable bonds is 61. The standard InChI is InChI=1S/C70H126O6/c1-4-7-10-13-16-19-22-25-27-28-29-30-31-32-33-34-35-36-37-38-39-40-41-42-44-45-48-51-54-57-60-63-69(72)75-66-67(65-74-68(71)62-59-56-53-50-47-24-21-18-15-12-9-6-3)76-70(73)64-61-58-55-52-49-46-43-26-23-20-17-14-11-8-5-2/h17,20,22,25-26,28-29,31-32,43,67H,4-16,18-19,21,23-24,27,30,33-42,44-66H2,1-3H3/b20-17-,25-22-,29-28-,32-31-,43-26-. The summed E-state index contributed by atoms with van der Waals surface area (Å²) in [5, 5.41) is 0. The van der Waals surface area contributed by atoms with Crippen LogP contribution in [0, 0.1) is 0 Å². The van der Waals surface area contributed by atoms with E-state index in [1.807, 2.05) is 0 Å². The van der Waals surface area contributed by atoms with Crippen LogP contribution < -0.4 is 0 Å². The molecule has 0 aliphatic carbocycles. The Labute approximate surface area is 472 Å². The van der Waals surface area contributed by atoms with Gasteiger partial charge in [0.1, 0.15) is 13.2 Å². The Bertz CT molecular complexity index is 1360. The van der Waals surface area contributed by atoms with Crippen LogP contribution in [0.4, 0.5) is 0 Å². The van der Waals surface area contributed by atoms with Gasteiger partial charge in [0.2, 0.25) is 0 Å². The zero-order chi connectivity index (χ0) is 55.0. The molecular weight excluding hydrogens is 937 g/mol. The maximum Gasteiger partial charge on any atom is 0.306 e. The van der Waals surface area contributed by atoms with Crippen molar-refractivity contribution in [2.45, 2.75) is 354 Å². The van der Waals surface area contributed by atoms with Gasteiger partial charge in [0.25, 0.3) is 0 Å². The van der Waals surface area contributed by atoms with Crippen molar-refractivity contribution in [1.82, 2.24) is 0 Å². The summed E-state index contributed by atoms with van der Waals surface area (Å²) in [6.07, 6.45) is 82.4. The molecule has 0 aromatic heterocycles. The third kappa shape index (κ3) is 62.0. The van der Waals surface area contributed by atoms with Crippen LogP contribution in [-0.2, 0) is 28.6 Å². The Hall–Kier alpha value is -2.89. The highest BCUT2D eigenvalue weighted by atomic mass is 16.6. The predicted molar refractivity (Wildman–Crippen MR) is 330 cm³/mol. The maximum absolute atomic E-state index is 12.9. The highest BCUT2D eigenvalue weighted by molar-refractivity contribution is 5.71. The molecule has 76 heavy (non-hydrogen) atoms. The number of hydrogen-bond donors (Lipinski definition) is 0. The maximum atomic E-state index is 12.9. The zero-order valence-electron chi connectivity index (χ0n) is 50.8. The van der Waals surface area contributed by atoms with Crippen molar-refractivity contribution in [2.75, 3.05) is 13.2 Å². The number of allylic oxidation sites excluding steroid dienone is 10. The monoisotopic (exact) mass is 1060 g/mol. The van der Waals surface area contributed by atoms with E-state index in [1.165, 1.54) is 212 Å². The zero-order valence-corrected chi connectivity index (χ0v) is 50.8. The molecule has 6 nitrogen and oxygen atoms in total. The SMILES string of the molecule is CCCCC/C=C\C/C=C\CCCCCCCC(=O)OC(COC(=O)CCCCCCCCCCCCCC)COC(=O)CCCCCCCCCCCCCCCCCC/C=C\C/C=C\C/C=C\CCCCCCC. The Balaban J connectivity index is 4.15. The molecule has 0 aliphatic rings. The van der Waals surface area contributed by atoms with Gasteiger partial charge in [-0.25, -0.2) is 0 Å². The molecule has 0 radical (unpaired) electrons. The minimum absolute atomic E-state index is 0.0756. The molecule has 0 amide bonds. The van der Waals surface area contributed by atoms with Gasteiger partial charge in [-0.05, 0) is 89.9 Å². The fraction of sp³-hybridized carbons (Fsp3) is 0.814. The van der Waals surface area contributed by atoms with Crippen molar-refractivity contribution < 1.29 is 28.6 Å². The fourth-order valence-electron chi connectivity index (χ4n) is 9.72. The van der Waals surface area contributed by atoms with Crippen LogP contribution in [0.1, 0.15) is 348 Å². The molecule has 0 bridgehead atoms. The van der Waals surface area contributed by atoms with E-state index in [1.54, 1.807) is 0 Å². The molecule has 0 saturated carbocycles. The number of hydrogen-bond acceptors (Lipinski definition) is 6. The van der Waals surface area contributed by atoms with Crippen molar-refractivity contribution in [3.05, 3.63) is 60.8 Å². The third-order valence-electron chi connectivity index (χ3n) is 14.7. The van der Waals surface area contributed by atoms with Crippen molar-refractivity contribution in [2.24, 2.45) is 0 Å². The van der Waals surface area contributed by atoms with E-state index in [-0.39, 0.29) is 31.1 Å². The minimum Gasteiger partial charge on any atom is -0.462 e. The summed E-state index contributed by atoms with van der Waals surface area (Å²) in [4.78, 5) is 38.2. The first-order chi connectivity index (χ1) is 37.5. The van der Waals surface area contributed by atoms with E-state index in [0.717, 1.165) is 96.3 Å². The van der Waals surface area contributed by atoms with Gasteiger partial charge in [-0.1, -0.05) is 300 Å². The second-order valence-electron chi connectivity index (χ2n) is 22.4. The lowest BCUT2D eigenvalue weighted by Crippen LogP contribution is -2.30. The lowest BCUT2D eigenvalue weighted by Gasteiger charge is -2.18. The van der Waals surface area contributed by atoms with Gasteiger partial charge >= 0.3 is 17.9 Å². The predicted octanol–water partition coefficient (Wildman–Crippen LogP) is 22.7. The van der Waals surface area contributed by atoms with Crippen LogP contribution in [0.2, 0.25) is 0 Å². The summed E-state index contributed by atoms with van der Waals surface area (Å²) in [7, 11) is 0. The largest absolute Gasteiger partial charge is 0.462 e. The number of ether oxygens (including phenoxy) is 3. The molecule has 0 fully saturated rings. The van der Waals surface area contributed by atoms with E-state index in [0.29, 0.717) is 19.3 Å². The summed E-state index contributed by atoms with van der Waals surface area (Å²) in [5.74, 6) is -0.872. The molecule has 1 atom stereocenters. The fourth-order valence-corrected chi connectivity index (χ4v) is 9.72. The van der Waals surface area contributed by atoms with E-state index >= 15 is 0 Å². The van der Waals surface area contributed by atoms with Gasteiger partial charge in [-0.15, -0.1) is 0 Å². The van der Waals surface area contributed by atoms with E-state index in [2.05, 4.69) is 81.5 Å².